The summed E-state index contributed by atoms with van der Waals surface area (Å²) in [5.41, 5.74) is 0. The van der Waals surface area contributed by atoms with Crippen LogP contribution in [0.1, 0.15) is 12.8 Å². The zero-order valence-corrected chi connectivity index (χ0v) is 8.62. The van der Waals surface area contributed by atoms with Gasteiger partial charge in [-0.3, -0.25) is 4.55 Å². The van der Waals surface area contributed by atoms with E-state index in [1.54, 1.807) is 0 Å². The van der Waals surface area contributed by atoms with Gasteiger partial charge in [0.15, 0.2) is 0 Å². The van der Waals surface area contributed by atoms with Crippen molar-refractivity contribution in [2.75, 3.05) is 13.2 Å². The number of hydrogen-bond donors (Lipinski definition) is 2. The van der Waals surface area contributed by atoms with E-state index in [-0.39, 0.29) is 19.6 Å². The van der Waals surface area contributed by atoms with Gasteiger partial charge < -0.3 is 5.11 Å². The second-order valence-corrected chi connectivity index (χ2v) is 4.61. The maximum Gasteiger partial charge on any atom is 0.416 e. The highest BCUT2D eigenvalue weighted by molar-refractivity contribution is 7.94. The average Bonchev–Trinajstić information content (AvgIpc) is 1.93. The van der Waals surface area contributed by atoms with Crippen molar-refractivity contribution in [2.45, 2.75) is 12.8 Å². The standard InChI is InChI=1S/C4H10O8S2/c5-3-1-2-4-11-14(9,10)12-13(6,7)8/h5H,1-4H2,(H,6,7,8). The van der Waals surface area contributed by atoms with Gasteiger partial charge in [-0.25, -0.2) is 4.18 Å². The fourth-order valence-electron chi connectivity index (χ4n) is 0.500. The minimum absolute atomic E-state index is 0.136. The van der Waals surface area contributed by atoms with Crippen molar-refractivity contribution in [2.24, 2.45) is 0 Å². The van der Waals surface area contributed by atoms with E-state index in [0.717, 1.165) is 0 Å². The molecule has 0 atom stereocenters. The van der Waals surface area contributed by atoms with Gasteiger partial charge in [-0.2, -0.15) is 16.8 Å². The predicted octanol–water partition coefficient (Wildman–Crippen LogP) is -1.16. The Bertz CT molecular complexity index is 340. The molecule has 0 saturated carbocycles. The maximum atomic E-state index is 10.6. The molecule has 86 valence electrons. The second kappa shape index (κ2) is 5.58. The zero-order chi connectivity index (χ0) is 11.2. The largest absolute Gasteiger partial charge is 0.416 e. The number of rotatable bonds is 7. The molecular weight excluding hydrogens is 240 g/mol. The van der Waals surface area contributed by atoms with E-state index in [1.165, 1.54) is 0 Å². The van der Waals surface area contributed by atoms with Gasteiger partial charge in [0.2, 0.25) is 0 Å². The van der Waals surface area contributed by atoms with Gasteiger partial charge in [0.1, 0.15) is 0 Å². The first kappa shape index (κ1) is 13.7. The summed E-state index contributed by atoms with van der Waals surface area (Å²) in [6.07, 6.45) is 0.520. The molecule has 0 aromatic carbocycles. The third kappa shape index (κ3) is 8.34. The van der Waals surface area contributed by atoms with Crippen LogP contribution < -0.4 is 0 Å². The van der Waals surface area contributed by atoms with Gasteiger partial charge >= 0.3 is 20.8 Å². The van der Waals surface area contributed by atoms with Crippen LogP contribution >= 0.6 is 0 Å². The fourth-order valence-corrected chi connectivity index (χ4v) is 1.82. The molecule has 0 radical (unpaired) electrons. The smallest absolute Gasteiger partial charge is 0.396 e. The first-order chi connectivity index (χ1) is 6.27. The monoisotopic (exact) mass is 250 g/mol. The average molecular weight is 250 g/mol. The molecule has 0 aromatic rings. The zero-order valence-electron chi connectivity index (χ0n) is 6.99. The molecule has 8 nitrogen and oxygen atoms in total. The van der Waals surface area contributed by atoms with E-state index in [4.69, 9.17) is 9.66 Å². The molecule has 0 aliphatic heterocycles. The second-order valence-electron chi connectivity index (χ2n) is 2.16. The lowest BCUT2D eigenvalue weighted by Crippen LogP contribution is -2.16. The summed E-state index contributed by atoms with van der Waals surface area (Å²) in [7, 11) is -9.83. The third-order valence-corrected chi connectivity index (χ3v) is 2.76. The van der Waals surface area contributed by atoms with E-state index in [1.807, 2.05) is 0 Å². The summed E-state index contributed by atoms with van der Waals surface area (Å²) < 4.78 is 56.3. The molecule has 14 heavy (non-hydrogen) atoms. The van der Waals surface area contributed by atoms with Gasteiger partial charge in [0.05, 0.1) is 6.61 Å². The van der Waals surface area contributed by atoms with Crippen LogP contribution in [0.2, 0.25) is 0 Å². The van der Waals surface area contributed by atoms with E-state index in [0.29, 0.717) is 6.42 Å². The molecule has 10 heteroatoms. The highest BCUT2D eigenvalue weighted by Crippen LogP contribution is 2.02. The lowest BCUT2D eigenvalue weighted by Gasteiger charge is -2.01. The van der Waals surface area contributed by atoms with E-state index in [2.05, 4.69) is 7.81 Å². The summed E-state index contributed by atoms with van der Waals surface area (Å²) in [6, 6.07) is 0. The molecule has 0 aromatic heterocycles. The molecule has 0 saturated heterocycles. The van der Waals surface area contributed by atoms with Crippen molar-refractivity contribution in [3.05, 3.63) is 0 Å². The molecule has 0 unspecified atom stereocenters. The minimum atomic E-state index is -5.09. The number of hydrogen-bond acceptors (Lipinski definition) is 7. The van der Waals surface area contributed by atoms with Crippen molar-refractivity contribution in [3.8, 4) is 0 Å². The van der Waals surface area contributed by atoms with Crippen molar-refractivity contribution >= 4 is 20.8 Å². The Labute approximate surface area is 81.7 Å². The molecule has 0 aliphatic rings. The van der Waals surface area contributed by atoms with Gasteiger partial charge in [0.25, 0.3) is 0 Å². The molecule has 0 aliphatic carbocycles. The van der Waals surface area contributed by atoms with Gasteiger partial charge in [-0.05, 0) is 12.8 Å². The Morgan fingerprint density at radius 3 is 2.07 bits per heavy atom. The molecular formula is C4H10O8S2. The summed E-state index contributed by atoms with van der Waals surface area (Å²) in [4.78, 5) is 0. The number of unbranched alkanes of at least 4 members (excludes halogenated alkanes) is 1. The van der Waals surface area contributed by atoms with Crippen molar-refractivity contribution in [1.82, 2.24) is 0 Å². The SMILES string of the molecule is O=S(=O)(O)OS(=O)(=O)OCCCCO. The Hall–Kier alpha value is -0.260. The normalized spacial score (nSPS) is 13.0. The van der Waals surface area contributed by atoms with Crippen LogP contribution in [0, 0.1) is 0 Å². The first-order valence-corrected chi connectivity index (χ1v) is 6.15. The minimum Gasteiger partial charge on any atom is -0.396 e. The van der Waals surface area contributed by atoms with Crippen LogP contribution in [0.15, 0.2) is 0 Å². The Kier molecular flexibility index (Phi) is 5.48. The summed E-state index contributed by atoms with van der Waals surface area (Å²) in [5.74, 6) is 0. The summed E-state index contributed by atoms with van der Waals surface area (Å²) >= 11 is 0. The predicted molar refractivity (Wildman–Crippen MR) is 43.8 cm³/mol. The number of aliphatic hydroxyl groups is 1. The fraction of sp³-hybridized carbons (Fsp3) is 1.00. The molecule has 0 spiro atoms. The molecule has 0 bridgehead atoms. The lowest BCUT2D eigenvalue weighted by molar-refractivity contribution is 0.235. The molecule has 0 rings (SSSR count). The Balaban J connectivity index is 3.98. The number of aliphatic hydroxyl groups excluding tert-OH is 1. The van der Waals surface area contributed by atoms with Crippen molar-refractivity contribution in [1.29, 1.82) is 0 Å². The van der Waals surface area contributed by atoms with Crippen molar-refractivity contribution < 1.29 is 34.3 Å². The van der Waals surface area contributed by atoms with Crippen LogP contribution in [0.4, 0.5) is 0 Å². The highest BCUT2D eigenvalue weighted by atomic mass is 32.3. The van der Waals surface area contributed by atoms with Gasteiger partial charge in [0, 0.05) is 6.61 Å². The van der Waals surface area contributed by atoms with Gasteiger partial charge in [-0.15, -0.1) is 3.63 Å². The lowest BCUT2D eigenvalue weighted by atomic mass is 10.3. The highest BCUT2D eigenvalue weighted by Gasteiger charge is 2.20. The molecule has 0 fully saturated rings. The van der Waals surface area contributed by atoms with Crippen LogP contribution in [-0.4, -0.2) is 39.7 Å². The van der Waals surface area contributed by atoms with E-state index in [9.17, 15) is 16.8 Å². The Morgan fingerprint density at radius 2 is 1.64 bits per heavy atom. The van der Waals surface area contributed by atoms with E-state index >= 15 is 0 Å². The first-order valence-electron chi connectivity index (χ1n) is 3.45. The van der Waals surface area contributed by atoms with Crippen LogP contribution in [0.3, 0.4) is 0 Å². The third-order valence-electron chi connectivity index (χ3n) is 0.949. The quantitative estimate of drug-likeness (QED) is 0.428. The topological polar surface area (TPSA) is 127 Å². The summed E-state index contributed by atoms with van der Waals surface area (Å²) in [6.45, 7) is -0.471. The van der Waals surface area contributed by atoms with Crippen LogP contribution in [0.5, 0.6) is 0 Å². The molecule has 2 N–H and O–H groups in total. The Morgan fingerprint density at radius 1 is 1.07 bits per heavy atom. The van der Waals surface area contributed by atoms with Crippen LogP contribution in [0.25, 0.3) is 0 Å². The van der Waals surface area contributed by atoms with Crippen molar-refractivity contribution in [3.63, 3.8) is 0 Å². The van der Waals surface area contributed by atoms with E-state index < -0.39 is 20.8 Å². The maximum absolute atomic E-state index is 10.6. The molecule has 0 amide bonds. The summed E-state index contributed by atoms with van der Waals surface area (Å²) in [5, 5.41) is 8.31. The van der Waals surface area contributed by atoms with Crippen LogP contribution in [-0.2, 0) is 28.6 Å². The van der Waals surface area contributed by atoms with Gasteiger partial charge in [-0.1, -0.05) is 0 Å². The molecule has 0 heterocycles.